The number of ketones is 1. The lowest BCUT2D eigenvalue weighted by atomic mass is 9.86. The summed E-state index contributed by atoms with van der Waals surface area (Å²) in [6, 6.07) is 13.7. The Bertz CT molecular complexity index is 2050. The lowest BCUT2D eigenvalue weighted by Gasteiger charge is -2.33. The number of rotatable bonds is 20. The smallest absolute Gasteiger partial charge is 0.412 e. The minimum Gasteiger partial charge on any atom is -0.497 e. The first-order chi connectivity index (χ1) is 35.2. The van der Waals surface area contributed by atoms with E-state index in [2.05, 4.69) is 0 Å². The molecule has 2 heterocycles. The Morgan fingerprint density at radius 2 is 0.973 bits per heavy atom. The van der Waals surface area contributed by atoms with Crippen molar-refractivity contribution in [2.75, 3.05) is 55.1 Å². The Morgan fingerprint density at radius 1 is 0.600 bits per heavy atom. The summed E-state index contributed by atoms with van der Waals surface area (Å²) >= 11 is 0. The Hall–Kier alpha value is -5.11. The van der Waals surface area contributed by atoms with Gasteiger partial charge >= 0.3 is 24.1 Å². The van der Waals surface area contributed by atoms with Gasteiger partial charge in [-0.15, -0.1) is 0 Å². The standard InChI is InChI=1S/C28H43F2NO7.C28H43NO8/c1-19-24(36-16-15-28(5,29)30)21(17-20-11-13-22(35-7)14-12-20)9-8-10-23(25(32)37-19)31(18-34-6)26(33)38-27(2,3)4;1-19(30)15-16-35-25-20(2)36-26(31)24(29(18-33-6)27(32)37-28(3,4)5)10-8-9-22(25)17-21-11-13-23(34-7)14-12-21/h11-14,19,21,23-24H,8-10,15-18H2,1-7H3;11-14,20,22,24-25H,8-10,15-18H2,1-7H3/t19-,21+,23-,24-;20-,22+,24-,25-/m00/s1. The Morgan fingerprint density at radius 3 is 1.29 bits per heavy atom. The summed E-state index contributed by atoms with van der Waals surface area (Å²) in [5.41, 5.74) is 0.643. The highest BCUT2D eigenvalue weighted by atomic mass is 19.3. The van der Waals surface area contributed by atoms with E-state index in [1.165, 1.54) is 30.9 Å². The first-order valence-corrected chi connectivity index (χ1v) is 25.9. The molecule has 0 unspecified atom stereocenters. The van der Waals surface area contributed by atoms with Crippen LogP contribution in [0.25, 0.3) is 0 Å². The molecule has 2 aromatic carbocycles. The van der Waals surface area contributed by atoms with Gasteiger partial charge in [-0.05, 0) is 155 Å². The summed E-state index contributed by atoms with van der Waals surface area (Å²) in [6.07, 6.45) is 0.795. The Labute approximate surface area is 443 Å². The van der Waals surface area contributed by atoms with Crippen LogP contribution in [0.2, 0.25) is 0 Å². The third kappa shape index (κ3) is 23.0. The SMILES string of the molecule is COCN(C(=O)OC(C)(C)C)[C@H]1CCC[C@H](Cc2ccc(OC)cc2)[C@@H](OCCC(C)(F)F)[C@H](C)OC1=O.COCN(C(=O)OC(C)(C)C)[C@H]1CCC[C@H](Cc2ccc(OC)cc2)[C@@H](OCCC(C)=O)[C@H](C)OC1=O. The molecule has 4 rings (SSSR count). The number of amides is 2. The van der Waals surface area contributed by atoms with Crippen molar-refractivity contribution in [3.63, 3.8) is 0 Å². The molecule has 0 aromatic heterocycles. The molecule has 19 heteroatoms. The maximum atomic E-state index is 13.5. The first-order valence-electron chi connectivity index (χ1n) is 25.9. The van der Waals surface area contributed by atoms with Crippen molar-refractivity contribution in [2.24, 2.45) is 11.8 Å². The normalized spacial score (nSPS) is 22.9. The number of nitrogens with zero attached hydrogens (tertiary/aromatic N) is 2. The summed E-state index contributed by atoms with van der Waals surface area (Å²) in [4.78, 5) is 66.6. The van der Waals surface area contributed by atoms with Gasteiger partial charge in [0, 0.05) is 27.1 Å². The number of alkyl halides is 2. The predicted octanol–water partition coefficient (Wildman–Crippen LogP) is 10.2. The third-order valence-corrected chi connectivity index (χ3v) is 12.6. The van der Waals surface area contributed by atoms with Gasteiger partial charge in [-0.3, -0.25) is 14.6 Å². The number of cyclic esters (lactones) is 2. The second-order valence-corrected chi connectivity index (χ2v) is 21.5. The van der Waals surface area contributed by atoms with Crippen molar-refractivity contribution in [1.82, 2.24) is 9.80 Å². The molecule has 424 valence electrons. The molecule has 2 aliphatic heterocycles. The number of hydrogen-bond acceptors (Lipinski definition) is 15. The molecule has 2 amide bonds. The lowest BCUT2D eigenvalue weighted by molar-refractivity contribution is -0.167. The predicted molar refractivity (Wildman–Crippen MR) is 277 cm³/mol. The largest absolute Gasteiger partial charge is 0.497 e. The van der Waals surface area contributed by atoms with Crippen LogP contribution >= 0.6 is 0 Å². The van der Waals surface area contributed by atoms with Crippen LogP contribution in [0.3, 0.4) is 0 Å². The molecular weight excluding hydrogens is 979 g/mol. The second-order valence-electron chi connectivity index (χ2n) is 21.5. The molecule has 2 aliphatic rings. The lowest BCUT2D eigenvalue weighted by Crippen LogP contribution is -2.49. The fourth-order valence-corrected chi connectivity index (χ4v) is 8.98. The zero-order valence-corrected chi connectivity index (χ0v) is 46.9. The van der Waals surface area contributed by atoms with E-state index < -0.39 is 84.2 Å². The van der Waals surface area contributed by atoms with Crippen LogP contribution in [-0.2, 0) is 65.1 Å². The summed E-state index contributed by atoms with van der Waals surface area (Å²) in [5.74, 6) is -2.56. The summed E-state index contributed by atoms with van der Waals surface area (Å²) in [5, 5.41) is 0. The average Bonchev–Trinajstić information content (AvgIpc) is 3.40. The van der Waals surface area contributed by atoms with Gasteiger partial charge in [-0.1, -0.05) is 37.1 Å². The van der Waals surface area contributed by atoms with Crippen molar-refractivity contribution < 1.29 is 80.1 Å². The summed E-state index contributed by atoms with van der Waals surface area (Å²) in [7, 11) is 6.11. The van der Waals surface area contributed by atoms with Crippen LogP contribution in [0.1, 0.15) is 132 Å². The van der Waals surface area contributed by atoms with Gasteiger partial charge in [0.25, 0.3) is 0 Å². The maximum absolute atomic E-state index is 13.5. The number of methoxy groups -OCH3 is 4. The molecular formula is C56H86F2N2O15. The molecule has 75 heavy (non-hydrogen) atoms. The average molecular weight is 1070 g/mol. The second kappa shape index (κ2) is 30.6. The fourth-order valence-electron chi connectivity index (χ4n) is 8.98. The summed E-state index contributed by atoms with van der Waals surface area (Å²) < 4.78 is 82.9. The van der Waals surface area contributed by atoms with Gasteiger partial charge in [-0.25, -0.2) is 28.0 Å². The van der Waals surface area contributed by atoms with Gasteiger partial charge in [0.15, 0.2) is 0 Å². The van der Waals surface area contributed by atoms with Crippen LogP contribution in [0.4, 0.5) is 18.4 Å². The van der Waals surface area contributed by atoms with Gasteiger partial charge < -0.3 is 47.4 Å². The number of Topliss-reactive ketones (excluding diaryl/α,β-unsaturated/α-hetero) is 1. The maximum Gasteiger partial charge on any atom is 0.412 e. The van der Waals surface area contributed by atoms with Crippen molar-refractivity contribution in [1.29, 1.82) is 0 Å². The highest BCUT2D eigenvalue weighted by molar-refractivity contribution is 5.82. The molecule has 0 saturated carbocycles. The monoisotopic (exact) mass is 1060 g/mol. The number of carbonyl (C=O) groups excluding carboxylic acids is 5. The molecule has 2 saturated heterocycles. The van der Waals surface area contributed by atoms with Crippen LogP contribution in [-0.4, -0.2) is 148 Å². The van der Waals surface area contributed by atoms with E-state index in [9.17, 15) is 32.8 Å². The number of ether oxygens (including phenoxy) is 10. The van der Waals surface area contributed by atoms with Crippen LogP contribution in [0, 0.1) is 11.8 Å². The number of esters is 2. The zero-order valence-electron chi connectivity index (χ0n) is 46.9. The molecule has 2 fully saturated rings. The molecule has 17 nitrogen and oxygen atoms in total. The van der Waals surface area contributed by atoms with Crippen LogP contribution in [0.15, 0.2) is 48.5 Å². The minimum atomic E-state index is -2.87. The van der Waals surface area contributed by atoms with Crippen molar-refractivity contribution >= 4 is 29.9 Å². The third-order valence-electron chi connectivity index (χ3n) is 12.6. The van der Waals surface area contributed by atoms with E-state index in [1.54, 1.807) is 69.6 Å². The summed E-state index contributed by atoms with van der Waals surface area (Å²) in [6.45, 7) is 16.2. The Balaban J connectivity index is 0.000000395. The van der Waals surface area contributed by atoms with Crippen molar-refractivity contribution in [2.45, 2.75) is 187 Å². The molecule has 0 spiro atoms. The zero-order chi connectivity index (χ0) is 56.1. The van der Waals surface area contributed by atoms with E-state index in [-0.39, 0.29) is 50.7 Å². The number of halogens is 2. The molecule has 0 N–H and O–H groups in total. The van der Waals surface area contributed by atoms with E-state index in [1.807, 2.05) is 48.5 Å². The Kier molecular flexibility index (Phi) is 26.2. The van der Waals surface area contributed by atoms with Gasteiger partial charge in [0.2, 0.25) is 5.92 Å². The number of carbonyl (C=O) groups is 5. The minimum absolute atomic E-state index is 0.0271. The van der Waals surface area contributed by atoms with Crippen molar-refractivity contribution in [3.05, 3.63) is 59.7 Å². The van der Waals surface area contributed by atoms with Gasteiger partial charge in [0.05, 0.1) is 39.6 Å². The quantitative estimate of drug-likeness (QED) is 0.0693. The fraction of sp³-hybridized carbons (Fsp3) is 0.696. The topological polar surface area (TPSA) is 184 Å². The molecule has 0 aliphatic carbocycles. The van der Waals surface area contributed by atoms with Crippen molar-refractivity contribution in [3.8, 4) is 11.5 Å². The van der Waals surface area contributed by atoms with E-state index >= 15 is 0 Å². The number of benzene rings is 2. The molecule has 8 atom stereocenters. The highest BCUT2D eigenvalue weighted by Crippen LogP contribution is 2.32. The van der Waals surface area contributed by atoms with E-state index in [0.29, 0.717) is 44.9 Å². The first kappa shape index (κ1) is 64.2. The molecule has 0 radical (unpaired) electrons. The van der Waals surface area contributed by atoms with Gasteiger partial charge in [0.1, 0.15) is 66.2 Å². The molecule has 2 aromatic rings. The van der Waals surface area contributed by atoms with E-state index in [0.717, 1.165) is 36.0 Å². The number of hydrogen-bond donors (Lipinski definition) is 0. The highest BCUT2D eigenvalue weighted by Gasteiger charge is 2.41. The van der Waals surface area contributed by atoms with E-state index in [4.69, 9.17) is 47.4 Å². The van der Waals surface area contributed by atoms with Crippen LogP contribution < -0.4 is 9.47 Å². The van der Waals surface area contributed by atoms with Gasteiger partial charge in [-0.2, -0.15) is 0 Å². The molecule has 0 bridgehead atoms. The van der Waals surface area contributed by atoms with Crippen LogP contribution in [0.5, 0.6) is 11.5 Å².